The zero-order valence-corrected chi connectivity index (χ0v) is 33.5. The van der Waals surface area contributed by atoms with E-state index in [0.29, 0.717) is 11.3 Å². The van der Waals surface area contributed by atoms with E-state index in [0.717, 1.165) is 55.3 Å². The third kappa shape index (κ3) is 5.28. The molecule has 4 N–H and O–H groups in total. The van der Waals surface area contributed by atoms with Crippen molar-refractivity contribution in [1.29, 1.82) is 0 Å². The number of hydrogen-bond acceptors (Lipinski definition) is 9. The number of carbonyl (C=O) groups excluding carboxylic acids is 4. The van der Waals surface area contributed by atoms with Gasteiger partial charge in [0.2, 0.25) is 11.6 Å². The van der Waals surface area contributed by atoms with Gasteiger partial charge in [-0.25, -0.2) is 9.59 Å². The summed E-state index contributed by atoms with van der Waals surface area (Å²) in [5.74, 6) is 2.89. The lowest BCUT2D eigenvalue weighted by atomic mass is 9.47. The number of allylic oxidation sites excluding steroid dienone is 3. The summed E-state index contributed by atoms with van der Waals surface area (Å²) in [5, 5.41) is 0. The lowest BCUT2D eigenvalue weighted by molar-refractivity contribution is -0.144. The summed E-state index contributed by atoms with van der Waals surface area (Å²) in [6, 6.07) is -0.806. The molecular weight excluding hydrogens is 684 g/mol. The van der Waals surface area contributed by atoms with E-state index in [4.69, 9.17) is 25.7 Å². The van der Waals surface area contributed by atoms with E-state index >= 15 is 0 Å². The minimum atomic E-state index is -1.31. The Balaban J connectivity index is 0.946. The molecule has 12 atom stereocenters. The molecule has 8 rings (SSSR count). The lowest BCUT2D eigenvalue weighted by Gasteiger charge is -2.58. The van der Waals surface area contributed by atoms with Gasteiger partial charge in [-0.05, 0) is 98.2 Å². The van der Waals surface area contributed by atoms with Gasteiger partial charge in [-0.3, -0.25) is 14.5 Å². The maximum Gasteiger partial charge on any atom is 0.410 e. The van der Waals surface area contributed by atoms with Crippen LogP contribution in [-0.4, -0.2) is 77.7 Å². The van der Waals surface area contributed by atoms with Crippen LogP contribution in [0.1, 0.15) is 112 Å². The van der Waals surface area contributed by atoms with Crippen molar-refractivity contribution in [3.8, 4) is 0 Å². The molecule has 296 valence electrons. The summed E-state index contributed by atoms with van der Waals surface area (Å²) in [5.41, 5.74) is 12.6. The molecule has 5 fully saturated rings. The molecule has 0 aromatic heterocycles. The van der Waals surface area contributed by atoms with Crippen molar-refractivity contribution >= 4 is 23.8 Å². The minimum Gasteiger partial charge on any atom is -0.449 e. The van der Waals surface area contributed by atoms with E-state index in [2.05, 4.69) is 40.7 Å². The summed E-state index contributed by atoms with van der Waals surface area (Å²) >= 11 is 0. The first-order valence-corrected chi connectivity index (χ1v) is 20.8. The van der Waals surface area contributed by atoms with Crippen molar-refractivity contribution in [3.63, 3.8) is 0 Å². The van der Waals surface area contributed by atoms with Gasteiger partial charge in [-0.15, -0.1) is 0 Å². The highest BCUT2D eigenvalue weighted by molar-refractivity contribution is 6.25. The molecule has 11 heteroatoms. The Hall–Kier alpha value is -3.34. The Morgan fingerprint density at radius 2 is 1.78 bits per heavy atom. The van der Waals surface area contributed by atoms with Crippen LogP contribution in [0.15, 0.2) is 34.2 Å². The number of methoxy groups -OCH3 is 1. The molecule has 0 aromatic rings. The third-order valence-corrected chi connectivity index (χ3v) is 16.4. The predicted molar refractivity (Wildman–Crippen MR) is 202 cm³/mol. The summed E-state index contributed by atoms with van der Waals surface area (Å²) < 4.78 is 17.7. The fourth-order valence-electron chi connectivity index (χ4n) is 13.7. The van der Waals surface area contributed by atoms with Crippen molar-refractivity contribution < 1.29 is 33.4 Å². The molecule has 2 saturated heterocycles. The van der Waals surface area contributed by atoms with Gasteiger partial charge in [0.05, 0.1) is 23.4 Å². The zero-order chi connectivity index (χ0) is 38.6. The van der Waals surface area contributed by atoms with E-state index in [1.165, 1.54) is 64.6 Å². The monoisotopic (exact) mass is 746 g/mol. The first-order valence-electron chi connectivity index (χ1n) is 20.8. The van der Waals surface area contributed by atoms with Crippen LogP contribution in [0, 0.1) is 52.3 Å². The fraction of sp³-hybridized carbons (Fsp3) is 0.767. The van der Waals surface area contributed by atoms with Crippen LogP contribution in [-0.2, 0) is 23.8 Å². The molecule has 0 bridgehead atoms. The van der Waals surface area contributed by atoms with Crippen LogP contribution in [0.4, 0.5) is 9.59 Å². The number of rotatable bonds is 9. The minimum absolute atomic E-state index is 0.136. The number of piperazine rings is 1. The third-order valence-electron chi connectivity index (χ3n) is 16.4. The Kier molecular flexibility index (Phi) is 9.13. The second kappa shape index (κ2) is 13.1. The highest BCUT2D eigenvalue weighted by atomic mass is 16.6. The maximum absolute atomic E-state index is 14.0. The molecule has 12 unspecified atom stereocenters. The maximum atomic E-state index is 14.0. The predicted octanol–water partition coefficient (Wildman–Crippen LogP) is 6.61. The van der Waals surface area contributed by atoms with E-state index in [9.17, 15) is 19.2 Å². The lowest BCUT2D eigenvalue weighted by Crippen LogP contribution is -2.56. The van der Waals surface area contributed by atoms with Crippen LogP contribution >= 0.6 is 0 Å². The highest BCUT2D eigenvalue weighted by Crippen LogP contribution is 2.68. The van der Waals surface area contributed by atoms with Crippen molar-refractivity contribution in [1.82, 2.24) is 9.80 Å². The largest absolute Gasteiger partial charge is 0.449 e. The van der Waals surface area contributed by atoms with E-state index < -0.39 is 35.7 Å². The number of nitrogens with zero attached hydrogens (tertiary/aromatic N) is 2. The Morgan fingerprint density at radius 1 is 1.02 bits per heavy atom. The molecular formula is C43H62N4O7. The van der Waals surface area contributed by atoms with Gasteiger partial charge in [0.25, 0.3) is 0 Å². The quantitative estimate of drug-likeness (QED) is 0.151. The number of primary amides is 1. The van der Waals surface area contributed by atoms with Crippen LogP contribution in [0.2, 0.25) is 0 Å². The van der Waals surface area contributed by atoms with E-state index in [-0.39, 0.29) is 59.0 Å². The average Bonchev–Trinajstić information content (AvgIpc) is 3.42. The molecule has 0 radical (unpaired) electrons. The molecule has 3 saturated carbocycles. The number of amides is 2. The highest BCUT2D eigenvalue weighted by Gasteiger charge is 2.78. The van der Waals surface area contributed by atoms with Crippen LogP contribution in [0.3, 0.4) is 0 Å². The molecule has 2 amide bonds. The van der Waals surface area contributed by atoms with Crippen molar-refractivity contribution in [3.05, 3.63) is 34.2 Å². The fourth-order valence-corrected chi connectivity index (χ4v) is 13.7. The first-order chi connectivity index (χ1) is 25.6. The normalized spacial score (nSPS) is 41.1. The molecule has 3 heterocycles. The molecule has 5 aliphatic carbocycles. The summed E-state index contributed by atoms with van der Waals surface area (Å²) in [6.07, 6.45) is 14.0. The van der Waals surface area contributed by atoms with Crippen molar-refractivity contribution in [2.75, 3.05) is 20.3 Å². The Morgan fingerprint density at radius 3 is 2.48 bits per heavy atom. The van der Waals surface area contributed by atoms with Crippen LogP contribution in [0.5, 0.6) is 0 Å². The Bertz CT molecular complexity index is 1730. The molecule has 3 aliphatic heterocycles. The molecule has 0 aromatic carbocycles. The second-order valence-electron chi connectivity index (χ2n) is 19.2. The number of hydrogen-bond donors (Lipinski definition) is 2. The van der Waals surface area contributed by atoms with Gasteiger partial charge in [-0.2, -0.15) is 0 Å². The van der Waals surface area contributed by atoms with Gasteiger partial charge in [0.1, 0.15) is 18.8 Å². The Labute approximate surface area is 320 Å². The number of nitrogens with two attached hydrogens (primary N) is 2. The molecule has 8 aliphatic rings. The standard InChI is InChI=1S/C43H62N4O7/c1-22(2)9-8-10-23(3)28-13-14-29-27-12-11-25-19-26(15-17-41(25,5)30(27)16-18-42(28,29)6)54-40(51)47-32-20-46-35-33(37(49)34(44)24(4)36(35)48)31(21-53-39(45)50)43(46,52-7)38(32)47/h11,22-23,26-32,38H,8-10,12-21,44H2,1-7H3,(H2,45,50). The molecule has 54 heavy (non-hydrogen) atoms. The molecule has 0 spiro atoms. The first kappa shape index (κ1) is 37.6. The van der Waals surface area contributed by atoms with Gasteiger partial charge in [0.15, 0.2) is 5.72 Å². The van der Waals surface area contributed by atoms with Crippen molar-refractivity contribution in [2.24, 2.45) is 63.7 Å². The van der Waals surface area contributed by atoms with Crippen LogP contribution < -0.4 is 11.5 Å². The van der Waals surface area contributed by atoms with Gasteiger partial charge in [-0.1, -0.05) is 65.5 Å². The van der Waals surface area contributed by atoms with Gasteiger partial charge >= 0.3 is 12.2 Å². The molecule has 11 nitrogen and oxygen atoms in total. The van der Waals surface area contributed by atoms with Gasteiger partial charge < -0.3 is 30.6 Å². The number of ketones is 2. The smallest absolute Gasteiger partial charge is 0.410 e. The van der Waals surface area contributed by atoms with Crippen molar-refractivity contribution in [2.45, 2.75) is 136 Å². The van der Waals surface area contributed by atoms with Crippen LogP contribution in [0.25, 0.3) is 0 Å². The summed E-state index contributed by atoms with van der Waals surface area (Å²) in [7, 11) is 1.49. The number of ether oxygens (including phenoxy) is 3. The second-order valence-corrected chi connectivity index (χ2v) is 19.2. The summed E-state index contributed by atoms with van der Waals surface area (Å²) in [4.78, 5) is 56.3. The van der Waals surface area contributed by atoms with Gasteiger partial charge in [0, 0.05) is 31.2 Å². The topological polar surface area (TPSA) is 154 Å². The summed E-state index contributed by atoms with van der Waals surface area (Å²) in [6.45, 7) is 13.9. The van der Waals surface area contributed by atoms with E-state index in [1.54, 1.807) is 9.80 Å². The number of Topliss-reactive ketones (excluding diaryl/α,β-unsaturated/α-hetero) is 2. The van der Waals surface area contributed by atoms with E-state index in [1.807, 2.05) is 0 Å². The number of carbonyl (C=O) groups is 4. The number of fused-ring (bicyclic) bond motifs is 9. The average molecular weight is 747 g/mol. The SMILES string of the molecule is COC12C(COC(N)=O)C3=C(C(=O)C(C)=C(N)C3=O)N1CC1C2N1C(=O)OC1CCC2(C)C(=CCC3C2CCC2(C)C(C(C)CCCC(C)C)CCC32)C1. The zero-order valence-electron chi connectivity index (χ0n) is 33.5.